The molecule has 4 nitrogen and oxygen atoms in total. The second-order valence-electron chi connectivity index (χ2n) is 7.23. The first kappa shape index (κ1) is 16.0. The third kappa shape index (κ3) is 2.76. The van der Waals surface area contributed by atoms with Gasteiger partial charge < -0.3 is 9.80 Å². The molecular formula is C21H22N2O2. The van der Waals surface area contributed by atoms with E-state index >= 15 is 0 Å². The van der Waals surface area contributed by atoms with E-state index in [9.17, 15) is 9.59 Å². The Morgan fingerprint density at radius 3 is 2.04 bits per heavy atom. The van der Waals surface area contributed by atoms with Gasteiger partial charge in [-0.15, -0.1) is 0 Å². The van der Waals surface area contributed by atoms with Gasteiger partial charge in [-0.1, -0.05) is 48.5 Å². The second kappa shape index (κ2) is 6.12. The van der Waals surface area contributed by atoms with Crippen molar-refractivity contribution >= 4 is 11.7 Å². The van der Waals surface area contributed by atoms with E-state index in [1.807, 2.05) is 35.2 Å². The number of hydrogen-bond donors (Lipinski definition) is 0. The topological polar surface area (TPSA) is 40.6 Å². The van der Waals surface area contributed by atoms with Crippen molar-refractivity contribution in [1.29, 1.82) is 0 Å². The highest BCUT2D eigenvalue weighted by atomic mass is 16.2. The van der Waals surface area contributed by atoms with Crippen molar-refractivity contribution in [1.82, 2.24) is 9.80 Å². The minimum absolute atomic E-state index is 0.0235. The summed E-state index contributed by atoms with van der Waals surface area (Å²) in [4.78, 5) is 30.0. The van der Waals surface area contributed by atoms with Crippen LogP contribution in [0.25, 0.3) is 0 Å². The molecule has 1 saturated carbocycles. The number of nitrogens with zero attached hydrogens (tertiary/aromatic N) is 2. The number of ketones is 1. The molecule has 4 heteroatoms. The zero-order valence-corrected chi connectivity index (χ0v) is 14.6. The maximum Gasteiger partial charge on any atom is 0.254 e. The van der Waals surface area contributed by atoms with Crippen LogP contribution in [0.15, 0.2) is 54.6 Å². The molecule has 1 saturated heterocycles. The molecule has 0 aromatic heterocycles. The first-order valence-electron chi connectivity index (χ1n) is 8.72. The molecule has 0 spiro atoms. The Bertz CT molecular complexity index is 804. The van der Waals surface area contributed by atoms with Crippen molar-refractivity contribution in [3.05, 3.63) is 71.3 Å². The molecular weight excluding hydrogens is 312 g/mol. The van der Waals surface area contributed by atoms with E-state index in [1.165, 1.54) is 0 Å². The number of carbonyl (C=O) groups is 2. The Labute approximate surface area is 148 Å². The number of rotatable bonds is 4. The molecule has 2 fully saturated rings. The summed E-state index contributed by atoms with van der Waals surface area (Å²) in [5, 5.41) is 0. The first-order valence-corrected chi connectivity index (χ1v) is 8.72. The maximum atomic E-state index is 13.0. The minimum atomic E-state index is -0.0972. The van der Waals surface area contributed by atoms with E-state index in [4.69, 9.17) is 0 Å². The van der Waals surface area contributed by atoms with Crippen molar-refractivity contribution in [3.63, 3.8) is 0 Å². The number of piperidine rings is 1. The lowest BCUT2D eigenvalue weighted by molar-refractivity contribution is 0.0758. The normalized spacial score (nSPS) is 24.3. The van der Waals surface area contributed by atoms with Crippen LogP contribution < -0.4 is 0 Å². The molecule has 2 aromatic rings. The summed E-state index contributed by atoms with van der Waals surface area (Å²) < 4.78 is 0. The molecule has 2 aromatic carbocycles. The van der Waals surface area contributed by atoms with E-state index in [-0.39, 0.29) is 11.7 Å². The van der Waals surface area contributed by atoms with Crippen molar-refractivity contribution in [2.45, 2.75) is 6.04 Å². The van der Waals surface area contributed by atoms with Gasteiger partial charge in [0.25, 0.3) is 5.91 Å². The molecule has 1 aliphatic heterocycles. The summed E-state index contributed by atoms with van der Waals surface area (Å²) in [6, 6.07) is 16.9. The zero-order valence-electron chi connectivity index (χ0n) is 14.6. The summed E-state index contributed by atoms with van der Waals surface area (Å²) in [5.41, 5.74) is 1.61. The molecule has 2 aliphatic rings. The molecule has 3 atom stereocenters. The van der Waals surface area contributed by atoms with E-state index in [0.717, 1.165) is 13.1 Å². The molecule has 1 heterocycles. The molecule has 25 heavy (non-hydrogen) atoms. The monoisotopic (exact) mass is 334 g/mol. The fraction of sp³-hybridized carbons (Fsp3) is 0.333. The number of amides is 1. The molecule has 0 radical (unpaired) electrons. The summed E-state index contributed by atoms with van der Waals surface area (Å²) in [6.07, 6.45) is 0. The van der Waals surface area contributed by atoms with Crippen LogP contribution in [0.4, 0.5) is 0 Å². The van der Waals surface area contributed by atoms with Crippen LogP contribution in [-0.4, -0.2) is 54.7 Å². The number of benzene rings is 2. The van der Waals surface area contributed by atoms with Gasteiger partial charge >= 0.3 is 0 Å². The van der Waals surface area contributed by atoms with Gasteiger partial charge in [-0.25, -0.2) is 0 Å². The molecule has 128 valence electrons. The first-order chi connectivity index (χ1) is 12.1. The Morgan fingerprint density at radius 2 is 1.44 bits per heavy atom. The van der Waals surface area contributed by atoms with Gasteiger partial charge in [0.15, 0.2) is 5.78 Å². The van der Waals surface area contributed by atoms with Crippen molar-refractivity contribution < 1.29 is 9.59 Å². The Morgan fingerprint density at radius 1 is 0.880 bits per heavy atom. The molecule has 4 rings (SSSR count). The van der Waals surface area contributed by atoms with Crippen LogP contribution in [0.2, 0.25) is 0 Å². The lowest BCUT2D eigenvalue weighted by Gasteiger charge is -2.23. The number of likely N-dealkylation sites (tertiary alicyclic amines) is 1. The lowest BCUT2D eigenvalue weighted by atomic mass is 9.97. The van der Waals surface area contributed by atoms with Crippen molar-refractivity contribution in [2.75, 3.05) is 27.2 Å². The lowest BCUT2D eigenvalue weighted by Crippen LogP contribution is -2.35. The largest absolute Gasteiger partial charge is 0.338 e. The Hall–Kier alpha value is -2.46. The standard InChI is InChI=1S/C21H22N2O2/c1-22(2)19-17-12-23(13-18(17)19)21(25)16-11-7-6-10-15(16)20(24)14-8-4-3-5-9-14/h3-11,17-19H,12-13H2,1-2H3/t17-,18+,19?. The van der Waals surface area contributed by atoms with Crippen molar-refractivity contribution in [2.24, 2.45) is 11.8 Å². The highest BCUT2D eigenvalue weighted by molar-refractivity contribution is 6.15. The van der Waals surface area contributed by atoms with Gasteiger partial charge in [0, 0.05) is 30.3 Å². The number of fused-ring (bicyclic) bond motifs is 1. The molecule has 1 aliphatic carbocycles. The Kier molecular flexibility index (Phi) is 3.92. The Balaban J connectivity index is 1.56. The molecule has 0 bridgehead atoms. The third-order valence-corrected chi connectivity index (χ3v) is 5.47. The summed E-state index contributed by atoms with van der Waals surface area (Å²) >= 11 is 0. The fourth-order valence-electron chi connectivity index (χ4n) is 4.21. The SMILES string of the molecule is CN(C)C1[C@H]2CN(C(=O)c3ccccc3C(=O)c3ccccc3)C[C@@H]12. The fourth-order valence-corrected chi connectivity index (χ4v) is 4.21. The van der Waals surface area contributed by atoms with Crippen LogP contribution in [0.3, 0.4) is 0 Å². The quantitative estimate of drug-likeness (QED) is 0.807. The number of carbonyl (C=O) groups excluding carboxylic acids is 2. The third-order valence-electron chi connectivity index (χ3n) is 5.47. The van der Waals surface area contributed by atoms with E-state index in [1.54, 1.807) is 24.3 Å². The molecule has 1 amide bonds. The minimum Gasteiger partial charge on any atom is -0.338 e. The second-order valence-corrected chi connectivity index (χ2v) is 7.23. The van der Waals surface area contributed by atoms with Gasteiger partial charge in [0.2, 0.25) is 0 Å². The summed E-state index contributed by atoms with van der Waals surface area (Å²) in [6.45, 7) is 1.58. The van der Waals surface area contributed by atoms with Crippen LogP contribution in [0, 0.1) is 11.8 Å². The van der Waals surface area contributed by atoms with Crippen LogP contribution in [0.1, 0.15) is 26.3 Å². The van der Waals surface area contributed by atoms with Crippen molar-refractivity contribution in [3.8, 4) is 0 Å². The summed E-state index contributed by atoms with van der Waals surface area (Å²) in [7, 11) is 4.20. The highest BCUT2D eigenvalue weighted by Gasteiger charge is 2.57. The molecule has 1 unspecified atom stereocenters. The van der Waals surface area contributed by atoms with E-state index < -0.39 is 0 Å². The van der Waals surface area contributed by atoms with Gasteiger partial charge in [-0.05, 0) is 32.0 Å². The molecule has 0 N–H and O–H groups in total. The smallest absolute Gasteiger partial charge is 0.254 e. The summed E-state index contributed by atoms with van der Waals surface area (Å²) in [5.74, 6) is 1.04. The predicted molar refractivity (Wildman–Crippen MR) is 96.7 cm³/mol. The van der Waals surface area contributed by atoms with Gasteiger partial charge in [-0.2, -0.15) is 0 Å². The number of hydrogen-bond acceptors (Lipinski definition) is 3. The van der Waals surface area contributed by atoms with Gasteiger partial charge in [-0.3, -0.25) is 9.59 Å². The maximum absolute atomic E-state index is 13.0. The zero-order chi connectivity index (χ0) is 17.6. The van der Waals surface area contributed by atoms with Gasteiger partial charge in [0.05, 0.1) is 5.56 Å². The van der Waals surface area contributed by atoms with Crippen LogP contribution >= 0.6 is 0 Å². The van der Waals surface area contributed by atoms with Gasteiger partial charge in [0.1, 0.15) is 0 Å². The average Bonchev–Trinajstić information content (AvgIpc) is 3.16. The van der Waals surface area contributed by atoms with E-state index in [2.05, 4.69) is 19.0 Å². The highest BCUT2D eigenvalue weighted by Crippen LogP contribution is 2.48. The van der Waals surface area contributed by atoms with Crippen LogP contribution in [0.5, 0.6) is 0 Å². The van der Waals surface area contributed by atoms with Crippen LogP contribution in [-0.2, 0) is 0 Å². The van der Waals surface area contributed by atoms with E-state index in [0.29, 0.717) is 34.6 Å². The average molecular weight is 334 g/mol. The predicted octanol–water partition coefficient (Wildman–Crippen LogP) is 2.55.